The Morgan fingerprint density at radius 2 is 1.81 bits per heavy atom. The standard InChI is InChI=1S/C17H20N2.CH3Br/c1-4-12-10-11-13-8-6-7-9-15(13)16(18)17(19-3)14(12)5-2;1-2/h4-9,19H,1-2,10-11,18H2,3H3;1H3/b14-12-,17-16-;. The summed E-state index contributed by atoms with van der Waals surface area (Å²) in [7, 11) is 1.89. The highest BCUT2D eigenvalue weighted by molar-refractivity contribution is 9.08. The van der Waals surface area contributed by atoms with Crippen molar-refractivity contribution in [2.24, 2.45) is 5.73 Å². The maximum atomic E-state index is 6.35. The zero-order valence-corrected chi connectivity index (χ0v) is 14.3. The van der Waals surface area contributed by atoms with Crippen LogP contribution in [-0.2, 0) is 6.42 Å². The van der Waals surface area contributed by atoms with Gasteiger partial charge in [0.2, 0.25) is 0 Å². The highest BCUT2D eigenvalue weighted by Gasteiger charge is 2.16. The van der Waals surface area contributed by atoms with E-state index in [-0.39, 0.29) is 0 Å². The number of likely N-dealkylation sites (N-methyl/N-ethyl adjacent to an activating group) is 1. The van der Waals surface area contributed by atoms with Crippen LogP contribution in [0.1, 0.15) is 17.5 Å². The van der Waals surface area contributed by atoms with Crippen molar-refractivity contribution in [3.8, 4) is 0 Å². The number of alkyl halides is 1. The maximum absolute atomic E-state index is 6.35. The monoisotopic (exact) mass is 346 g/mol. The summed E-state index contributed by atoms with van der Waals surface area (Å²) < 4.78 is 0. The normalized spacial score (nSPS) is 21.1. The Labute approximate surface area is 136 Å². The molecule has 0 aliphatic heterocycles. The molecule has 1 aromatic rings. The third-order valence-corrected chi connectivity index (χ3v) is 3.56. The van der Waals surface area contributed by atoms with Gasteiger partial charge in [-0.3, -0.25) is 0 Å². The van der Waals surface area contributed by atoms with E-state index < -0.39 is 0 Å². The number of allylic oxidation sites excluding steroid dienone is 3. The van der Waals surface area contributed by atoms with Crippen LogP contribution in [0.4, 0.5) is 0 Å². The summed E-state index contributed by atoms with van der Waals surface area (Å²) in [6.07, 6.45) is 5.66. The van der Waals surface area contributed by atoms with Crippen molar-refractivity contribution < 1.29 is 0 Å². The van der Waals surface area contributed by atoms with Gasteiger partial charge in [0.05, 0.1) is 11.4 Å². The van der Waals surface area contributed by atoms with Crippen molar-refractivity contribution in [3.63, 3.8) is 0 Å². The summed E-state index contributed by atoms with van der Waals surface area (Å²) >= 11 is 2.94. The molecule has 3 heteroatoms. The second kappa shape index (κ2) is 8.53. The van der Waals surface area contributed by atoms with Crippen LogP contribution in [0, 0.1) is 0 Å². The van der Waals surface area contributed by atoms with Crippen LogP contribution >= 0.6 is 15.9 Å². The van der Waals surface area contributed by atoms with Crippen LogP contribution in [-0.4, -0.2) is 12.9 Å². The summed E-state index contributed by atoms with van der Waals surface area (Å²) in [6.45, 7) is 7.82. The molecule has 3 N–H and O–H groups in total. The fraction of sp³-hybridized carbons (Fsp3) is 0.222. The van der Waals surface area contributed by atoms with E-state index in [0.29, 0.717) is 0 Å². The number of fused-ring (bicyclic) bond motifs is 1. The van der Waals surface area contributed by atoms with Gasteiger partial charge in [0.1, 0.15) is 0 Å². The smallest absolute Gasteiger partial charge is 0.0653 e. The lowest BCUT2D eigenvalue weighted by Gasteiger charge is -2.21. The number of nitrogens with two attached hydrogens (primary N) is 1. The summed E-state index contributed by atoms with van der Waals surface area (Å²) in [5, 5.41) is 3.21. The third kappa shape index (κ3) is 3.67. The predicted molar refractivity (Wildman–Crippen MR) is 97.2 cm³/mol. The van der Waals surface area contributed by atoms with Gasteiger partial charge < -0.3 is 11.1 Å². The molecule has 0 unspecified atom stereocenters. The van der Waals surface area contributed by atoms with Gasteiger partial charge in [-0.25, -0.2) is 0 Å². The van der Waals surface area contributed by atoms with E-state index in [2.05, 4.69) is 52.6 Å². The first-order valence-corrected chi connectivity index (χ1v) is 8.43. The van der Waals surface area contributed by atoms with Gasteiger partial charge in [0, 0.05) is 18.2 Å². The lowest BCUT2D eigenvalue weighted by Crippen LogP contribution is -2.18. The molecule has 21 heavy (non-hydrogen) atoms. The molecule has 0 saturated carbocycles. The van der Waals surface area contributed by atoms with Crippen molar-refractivity contribution in [2.45, 2.75) is 12.8 Å². The minimum Gasteiger partial charge on any atom is -0.397 e. The molecule has 1 aliphatic rings. The molecule has 0 atom stereocenters. The van der Waals surface area contributed by atoms with Gasteiger partial charge in [-0.1, -0.05) is 65.5 Å². The van der Waals surface area contributed by atoms with E-state index in [0.717, 1.165) is 35.4 Å². The Morgan fingerprint density at radius 1 is 1.14 bits per heavy atom. The first-order valence-electron chi connectivity index (χ1n) is 6.84. The van der Waals surface area contributed by atoms with Crippen LogP contribution in [0.25, 0.3) is 5.70 Å². The molecule has 0 spiro atoms. The molecule has 112 valence electrons. The molecular formula is C18H23BrN2. The predicted octanol–water partition coefficient (Wildman–Crippen LogP) is 4.16. The quantitative estimate of drug-likeness (QED) is 0.806. The Balaban J connectivity index is 0.00000106. The first kappa shape index (κ1) is 17.3. The van der Waals surface area contributed by atoms with E-state index in [1.807, 2.05) is 31.1 Å². The second-order valence-electron chi connectivity index (χ2n) is 4.54. The molecule has 0 fully saturated rings. The molecule has 0 saturated heterocycles. The summed E-state index contributed by atoms with van der Waals surface area (Å²) in [4.78, 5) is 0. The highest BCUT2D eigenvalue weighted by Crippen LogP contribution is 2.29. The SMILES string of the molecule is C=C/C1=C(C=C)/C(NC)=C(/N)c2ccccc2CC1.CBr. The third-order valence-electron chi connectivity index (χ3n) is 3.56. The largest absolute Gasteiger partial charge is 0.397 e. The van der Waals surface area contributed by atoms with E-state index in [4.69, 9.17) is 5.73 Å². The maximum Gasteiger partial charge on any atom is 0.0653 e. The average molecular weight is 347 g/mol. The van der Waals surface area contributed by atoms with Crippen LogP contribution in [0.2, 0.25) is 0 Å². The molecule has 2 rings (SSSR count). The van der Waals surface area contributed by atoms with Gasteiger partial charge in [-0.15, -0.1) is 0 Å². The molecule has 1 aliphatic carbocycles. The fourth-order valence-corrected chi connectivity index (χ4v) is 2.56. The van der Waals surface area contributed by atoms with E-state index in [1.54, 1.807) is 0 Å². The molecule has 0 heterocycles. The van der Waals surface area contributed by atoms with E-state index in [9.17, 15) is 0 Å². The fourth-order valence-electron chi connectivity index (χ4n) is 2.56. The van der Waals surface area contributed by atoms with Crippen molar-refractivity contribution in [1.82, 2.24) is 5.32 Å². The zero-order chi connectivity index (χ0) is 15.8. The molecular weight excluding hydrogens is 324 g/mol. The molecule has 0 aromatic heterocycles. The van der Waals surface area contributed by atoms with Gasteiger partial charge in [-0.2, -0.15) is 0 Å². The zero-order valence-electron chi connectivity index (χ0n) is 12.7. The van der Waals surface area contributed by atoms with Crippen molar-refractivity contribution in [3.05, 3.63) is 77.5 Å². The van der Waals surface area contributed by atoms with E-state index in [1.165, 1.54) is 11.1 Å². The number of aryl methyl sites for hydroxylation is 1. The van der Waals surface area contributed by atoms with Crippen molar-refractivity contribution in [2.75, 3.05) is 12.9 Å². The minimum atomic E-state index is 0.770. The minimum absolute atomic E-state index is 0.770. The van der Waals surface area contributed by atoms with Crippen LogP contribution in [0.3, 0.4) is 0 Å². The van der Waals surface area contributed by atoms with Gasteiger partial charge in [0.25, 0.3) is 0 Å². The average Bonchev–Trinajstić information content (AvgIpc) is 2.54. The second-order valence-corrected chi connectivity index (χ2v) is 4.54. The topological polar surface area (TPSA) is 38.0 Å². The Hall–Kier alpha value is -1.74. The van der Waals surface area contributed by atoms with Gasteiger partial charge in [0.15, 0.2) is 0 Å². The molecule has 2 nitrogen and oxygen atoms in total. The summed E-state index contributed by atoms with van der Waals surface area (Å²) in [5.74, 6) is 1.81. The van der Waals surface area contributed by atoms with Crippen LogP contribution in [0.15, 0.2) is 66.4 Å². The van der Waals surface area contributed by atoms with Crippen LogP contribution in [0.5, 0.6) is 0 Å². The first-order chi connectivity index (χ1) is 10.2. The molecule has 0 bridgehead atoms. The number of rotatable bonds is 3. The van der Waals surface area contributed by atoms with Crippen LogP contribution < -0.4 is 11.1 Å². The highest BCUT2D eigenvalue weighted by atomic mass is 79.9. The van der Waals surface area contributed by atoms with Gasteiger partial charge >= 0.3 is 0 Å². The molecule has 0 amide bonds. The number of hydrogen-bond donors (Lipinski definition) is 2. The van der Waals surface area contributed by atoms with Crippen molar-refractivity contribution in [1.29, 1.82) is 0 Å². The Kier molecular flexibility index (Phi) is 7.03. The number of halogens is 1. The number of nitrogens with one attached hydrogen (secondary N) is 1. The lowest BCUT2D eigenvalue weighted by molar-refractivity contribution is 0.919. The lowest BCUT2D eigenvalue weighted by atomic mass is 9.90. The van der Waals surface area contributed by atoms with Crippen molar-refractivity contribution >= 4 is 21.6 Å². The van der Waals surface area contributed by atoms with Gasteiger partial charge in [-0.05, 0) is 29.8 Å². The molecule has 0 radical (unpaired) electrons. The number of hydrogen-bond acceptors (Lipinski definition) is 2. The summed E-state index contributed by atoms with van der Waals surface area (Å²) in [6, 6.07) is 8.28. The number of benzene rings is 1. The molecule has 1 aromatic carbocycles. The Bertz CT molecular complexity index is 583. The Morgan fingerprint density at radius 3 is 2.38 bits per heavy atom. The summed E-state index contributed by atoms with van der Waals surface area (Å²) in [5.41, 5.74) is 12.7. The van der Waals surface area contributed by atoms with E-state index >= 15 is 0 Å².